The summed E-state index contributed by atoms with van der Waals surface area (Å²) in [6, 6.07) is 7.21. The molecule has 0 bridgehead atoms. The molecule has 0 radical (unpaired) electrons. The van der Waals surface area contributed by atoms with Gasteiger partial charge in [-0.2, -0.15) is 4.31 Å². The minimum absolute atomic E-state index is 0.0394. The normalized spacial score (nSPS) is 30.7. The van der Waals surface area contributed by atoms with E-state index in [1.165, 1.54) is 32.9 Å². The highest BCUT2D eigenvalue weighted by Gasteiger charge is 2.51. The third kappa shape index (κ3) is 5.44. The van der Waals surface area contributed by atoms with E-state index in [0.29, 0.717) is 34.9 Å². The van der Waals surface area contributed by atoms with Crippen LogP contribution in [0.15, 0.2) is 29.2 Å². The highest BCUT2D eigenvalue weighted by atomic mass is 32.2. The first kappa shape index (κ1) is 26.3. The third-order valence-corrected chi connectivity index (χ3v) is 11.2. The molecule has 0 N–H and O–H groups in total. The summed E-state index contributed by atoms with van der Waals surface area (Å²) in [6.07, 6.45) is 7.75. The molecule has 0 amide bonds. The van der Waals surface area contributed by atoms with Gasteiger partial charge in [0, 0.05) is 50.4 Å². The summed E-state index contributed by atoms with van der Waals surface area (Å²) in [6.45, 7) is 10.2. The van der Waals surface area contributed by atoms with Gasteiger partial charge in [0.05, 0.1) is 4.90 Å². The molecular formula is C28H44N4O3S. The van der Waals surface area contributed by atoms with Crippen molar-refractivity contribution in [2.45, 2.75) is 68.8 Å². The molecule has 4 heterocycles. The van der Waals surface area contributed by atoms with Crippen molar-refractivity contribution in [1.82, 2.24) is 19.0 Å². The van der Waals surface area contributed by atoms with Crippen LogP contribution in [0, 0.1) is 11.8 Å². The van der Waals surface area contributed by atoms with Crippen molar-refractivity contribution in [3.05, 3.63) is 29.8 Å². The number of piperazine rings is 1. The molecule has 0 aromatic heterocycles. The van der Waals surface area contributed by atoms with Crippen LogP contribution in [0.2, 0.25) is 0 Å². The number of Topliss-reactive ketones (excluding diaryl/α,β-unsaturated/α-hetero) is 1. The molecule has 4 aliphatic heterocycles. The van der Waals surface area contributed by atoms with Gasteiger partial charge >= 0.3 is 0 Å². The molecule has 0 saturated carbocycles. The molecule has 7 nitrogen and oxygen atoms in total. The Bertz CT molecular complexity index is 1000. The molecule has 36 heavy (non-hydrogen) atoms. The second-order valence-corrected chi connectivity index (χ2v) is 13.5. The Morgan fingerprint density at radius 1 is 0.944 bits per heavy atom. The Kier molecular flexibility index (Phi) is 8.18. The summed E-state index contributed by atoms with van der Waals surface area (Å²) in [4.78, 5) is 19.7. The van der Waals surface area contributed by atoms with Gasteiger partial charge in [-0.05, 0) is 96.1 Å². The van der Waals surface area contributed by atoms with Crippen molar-refractivity contribution >= 4 is 15.8 Å². The third-order valence-electron chi connectivity index (χ3n) is 9.31. The van der Waals surface area contributed by atoms with Gasteiger partial charge in [-0.15, -0.1) is 0 Å². The van der Waals surface area contributed by atoms with Crippen molar-refractivity contribution in [3.63, 3.8) is 0 Å². The highest BCUT2D eigenvalue weighted by molar-refractivity contribution is 7.89. The van der Waals surface area contributed by atoms with Crippen LogP contribution in [0.5, 0.6) is 0 Å². The summed E-state index contributed by atoms with van der Waals surface area (Å²) >= 11 is 0. The van der Waals surface area contributed by atoms with E-state index < -0.39 is 10.0 Å². The van der Waals surface area contributed by atoms with Gasteiger partial charge in [-0.25, -0.2) is 8.42 Å². The summed E-state index contributed by atoms with van der Waals surface area (Å²) < 4.78 is 30.0. The van der Waals surface area contributed by atoms with E-state index in [1.807, 2.05) is 4.31 Å². The van der Waals surface area contributed by atoms with Crippen LogP contribution in [0.1, 0.15) is 62.2 Å². The first-order valence-electron chi connectivity index (χ1n) is 14.1. The number of rotatable bonds is 8. The highest BCUT2D eigenvalue weighted by Crippen LogP contribution is 2.45. The maximum absolute atomic E-state index is 14.0. The van der Waals surface area contributed by atoms with E-state index in [-0.39, 0.29) is 11.8 Å². The summed E-state index contributed by atoms with van der Waals surface area (Å²) in [5.41, 5.74) is 0.559. The second-order valence-electron chi connectivity index (χ2n) is 11.6. The maximum atomic E-state index is 14.0. The van der Waals surface area contributed by atoms with Crippen LogP contribution in [-0.4, -0.2) is 105 Å². The van der Waals surface area contributed by atoms with Crippen molar-refractivity contribution in [3.8, 4) is 0 Å². The van der Waals surface area contributed by atoms with Crippen LogP contribution in [-0.2, 0) is 10.0 Å². The average molecular weight is 517 g/mol. The maximum Gasteiger partial charge on any atom is 0.243 e. The van der Waals surface area contributed by atoms with E-state index in [4.69, 9.17) is 0 Å². The number of nitrogens with zero attached hydrogens (tertiary/aromatic N) is 4. The van der Waals surface area contributed by atoms with E-state index in [2.05, 4.69) is 21.7 Å². The fourth-order valence-corrected chi connectivity index (χ4v) is 9.10. The zero-order chi connectivity index (χ0) is 25.3. The number of unbranched alkanes of at least 4 members (excludes halogenated alkanes) is 1. The Morgan fingerprint density at radius 2 is 1.64 bits per heavy atom. The number of likely N-dealkylation sites (N-methyl/N-ethyl adjacent to an activating group) is 1. The Morgan fingerprint density at radius 3 is 2.33 bits per heavy atom. The van der Waals surface area contributed by atoms with Crippen LogP contribution in [0.25, 0.3) is 0 Å². The molecule has 0 aliphatic carbocycles. The zero-order valence-electron chi connectivity index (χ0n) is 22.1. The molecule has 4 fully saturated rings. The van der Waals surface area contributed by atoms with Crippen molar-refractivity contribution in [1.29, 1.82) is 0 Å². The zero-order valence-corrected chi connectivity index (χ0v) is 23.0. The summed E-state index contributed by atoms with van der Waals surface area (Å²) in [7, 11) is -1.43. The van der Waals surface area contributed by atoms with Crippen molar-refractivity contribution in [2.75, 3.05) is 59.4 Å². The second kappa shape index (κ2) is 11.2. The van der Waals surface area contributed by atoms with E-state index in [0.717, 1.165) is 64.8 Å². The lowest BCUT2D eigenvalue weighted by molar-refractivity contribution is -0.0525. The largest absolute Gasteiger partial charge is 0.304 e. The van der Waals surface area contributed by atoms with Crippen LogP contribution in [0.3, 0.4) is 0 Å². The van der Waals surface area contributed by atoms with Crippen LogP contribution >= 0.6 is 0 Å². The first-order chi connectivity index (χ1) is 17.3. The number of carbonyl (C=O) groups is 1. The fraction of sp³-hybridized carbons (Fsp3) is 0.750. The Hall–Kier alpha value is -1.32. The smallest absolute Gasteiger partial charge is 0.243 e. The van der Waals surface area contributed by atoms with Gasteiger partial charge in [-0.3, -0.25) is 9.69 Å². The molecular weight excluding hydrogens is 472 g/mol. The monoisotopic (exact) mass is 516 g/mol. The summed E-state index contributed by atoms with van der Waals surface area (Å²) in [5, 5.41) is 0. The number of carbonyl (C=O) groups excluding carboxylic acids is 1. The lowest BCUT2D eigenvalue weighted by Gasteiger charge is -2.57. The van der Waals surface area contributed by atoms with Gasteiger partial charge in [-0.1, -0.05) is 18.6 Å². The van der Waals surface area contributed by atoms with Gasteiger partial charge in [0.25, 0.3) is 0 Å². The molecule has 5 rings (SSSR count). The molecule has 0 spiro atoms. The minimum Gasteiger partial charge on any atom is -0.304 e. The topological polar surface area (TPSA) is 64.2 Å². The molecule has 8 heteroatoms. The van der Waals surface area contributed by atoms with E-state index >= 15 is 0 Å². The lowest BCUT2D eigenvalue weighted by atomic mass is 9.70. The average Bonchev–Trinajstić information content (AvgIpc) is 2.88. The summed E-state index contributed by atoms with van der Waals surface area (Å²) in [5.74, 6) is 0.812. The van der Waals surface area contributed by atoms with Crippen LogP contribution < -0.4 is 0 Å². The number of benzene rings is 1. The molecule has 4 aliphatic rings. The molecule has 1 aromatic rings. The fourth-order valence-electron chi connectivity index (χ4n) is 7.35. The number of hydrogen-bond acceptors (Lipinski definition) is 6. The van der Waals surface area contributed by atoms with Crippen molar-refractivity contribution in [2.24, 2.45) is 11.8 Å². The number of piperidine rings is 3. The van der Waals surface area contributed by atoms with Gasteiger partial charge < -0.3 is 9.80 Å². The molecule has 4 saturated heterocycles. The van der Waals surface area contributed by atoms with Crippen LogP contribution in [0.4, 0.5) is 0 Å². The van der Waals surface area contributed by atoms with Gasteiger partial charge in [0.1, 0.15) is 0 Å². The van der Waals surface area contributed by atoms with Gasteiger partial charge in [0.15, 0.2) is 5.78 Å². The number of hydrogen-bond donors (Lipinski definition) is 0. The SMILES string of the molecule is CC(=O)c1ccc(S(=O)(=O)N2C[C@@H]3CCCN4CCC[C@@H]([C@H]34)[C@H]2CCCCN2CCN(C)CC2)cc1. The van der Waals surface area contributed by atoms with Gasteiger partial charge in [0.2, 0.25) is 10.0 Å². The van der Waals surface area contributed by atoms with Crippen molar-refractivity contribution < 1.29 is 13.2 Å². The molecule has 200 valence electrons. The molecule has 4 atom stereocenters. The first-order valence-corrected chi connectivity index (χ1v) is 15.6. The standard InChI is InChI=1S/C28H44N4O3S/c1-22(33)23-10-12-25(13-11-23)36(34,35)32-21-24-7-5-15-31-16-6-8-26(28(24)31)27(32)9-3-4-14-30-19-17-29(2)18-20-30/h10-13,24,26-28H,3-9,14-21H2,1-2H3/t24-,26+,27+,28-/m0/s1. The van der Waals surface area contributed by atoms with E-state index in [1.54, 1.807) is 24.3 Å². The predicted octanol–water partition coefficient (Wildman–Crippen LogP) is 3.17. The Labute approximate surface area is 217 Å². The number of ketones is 1. The molecule has 0 unspecified atom stereocenters. The number of sulfonamides is 1. The molecule has 1 aromatic carbocycles. The quantitative estimate of drug-likeness (QED) is 0.391. The Balaban J connectivity index is 1.34. The van der Waals surface area contributed by atoms with E-state index in [9.17, 15) is 13.2 Å². The lowest BCUT2D eigenvalue weighted by Crippen LogP contribution is -2.65. The predicted molar refractivity (Wildman–Crippen MR) is 143 cm³/mol. The minimum atomic E-state index is -3.62.